The van der Waals surface area contributed by atoms with Crippen LogP contribution in [0.25, 0.3) is 11.4 Å². The van der Waals surface area contributed by atoms with Gasteiger partial charge < -0.3 is 14.3 Å². The van der Waals surface area contributed by atoms with Crippen molar-refractivity contribution in [1.29, 1.82) is 0 Å². The summed E-state index contributed by atoms with van der Waals surface area (Å²) in [7, 11) is 0. The fraction of sp³-hybridized carbons (Fsp3) is 0.524. The number of ketones is 1. The van der Waals surface area contributed by atoms with Gasteiger partial charge >= 0.3 is 0 Å². The molecule has 3 rings (SSSR count). The Kier molecular flexibility index (Phi) is 7.50. The van der Waals surface area contributed by atoms with Crippen LogP contribution < -0.4 is 4.74 Å². The molecule has 1 atom stereocenters. The Hall–Kier alpha value is -2.12. The van der Waals surface area contributed by atoms with E-state index in [1.807, 2.05) is 6.92 Å². The Bertz CT molecular complexity index is 826. The molecule has 0 unspecified atom stereocenters. The van der Waals surface area contributed by atoms with E-state index in [2.05, 4.69) is 15.0 Å². The molecule has 0 amide bonds. The Morgan fingerprint density at radius 3 is 2.45 bits per heavy atom. The lowest BCUT2D eigenvalue weighted by atomic mass is 9.94. The first-order valence-electron chi connectivity index (χ1n) is 9.82. The SMILES string of the molecule is CC(=O)C[C@@H](C)COC1CCC(Oc2ncc(-c3ncc(Cl)cn3)cc2F)CC1. The number of pyridine rings is 1. The van der Waals surface area contributed by atoms with E-state index in [4.69, 9.17) is 21.1 Å². The number of rotatable bonds is 8. The maximum atomic E-state index is 14.4. The Morgan fingerprint density at radius 2 is 1.83 bits per heavy atom. The van der Waals surface area contributed by atoms with Crippen molar-refractivity contribution in [3.63, 3.8) is 0 Å². The van der Waals surface area contributed by atoms with Crippen LogP contribution in [0.3, 0.4) is 0 Å². The molecule has 1 aliphatic rings. The van der Waals surface area contributed by atoms with E-state index in [1.54, 1.807) is 6.92 Å². The molecule has 1 fully saturated rings. The zero-order valence-corrected chi connectivity index (χ0v) is 17.4. The van der Waals surface area contributed by atoms with Crippen LogP contribution in [0.5, 0.6) is 5.88 Å². The number of carbonyl (C=O) groups is 1. The van der Waals surface area contributed by atoms with Gasteiger partial charge in [0.2, 0.25) is 0 Å². The van der Waals surface area contributed by atoms with Crippen LogP contribution in [0, 0.1) is 11.7 Å². The van der Waals surface area contributed by atoms with Gasteiger partial charge in [0.25, 0.3) is 5.88 Å². The molecule has 0 bridgehead atoms. The molecule has 0 aromatic carbocycles. The Balaban J connectivity index is 1.49. The molecule has 156 valence electrons. The number of halogens is 2. The van der Waals surface area contributed by atoms with Crippen molar-refractivity contribution < 1.29 is 18.7 Å². The summed E-state index contributed by atoms with van der Waals surface area (Å²) >= 11 is 5.77. The maximum absolute atomic E-state index is 14.4. The third-order valence-corrected chi connectivity index (χ3v) is 5.03. The number of carbonyl (C=O) groups excluding carboxylic acids is 1. The average molecular weight is 422 g/mol. The summed E-state index contributed by atoms with van der Waals surface area (Å²) < 4.78 is 26.1. The average Bonchev–Trinajstić information content (AvgIpc) is 2.69. The third kappa shape index (κ3) is 6.44. The lowest BCUT2D eigenvalue weighted by Gasteiger charge is -2.29. The molecule has 29 heavy (non-hydrogen) atoms. The summed E-state index contributed by atoms with van der Waals surface area (Å²) in [6, 6.07) is 1.32. The molecule has 1 saturated carbocycles. The fourth-order valence-electron chi connectivity index (χ4n) is 3.42. The summed E-state index contributed by atoms with van der Waals surface area (Å²) in [5, 5.41) is 0.412. The summed E-state index contributed by atoms with van der Waals surface area (Å²) in [6.07, 6.45) is 8.24. The van der Waals surface area contributed by atoms with Crippen LogP contribution in [0.1, 0.15) is 46.0 Å². The first kappa shape index (κ1) is 21.6. The van der Waals surface area contributed by atoms with Crippen LogP contribution in [0.4, 0.5) is 4.39 Å². The quantitative estimate of drug-likeness (QED) is 0.617. The van der Waals surface area contributed by atoms with Crippen LogP contribution in [0.2, 0.25) is 5.02 Å². The minimum Gasteiger partial charge on any atom is -0.472 e. The molecule has 0 spiro atoms. The number of Topliss-reactive ketones (excluding diaryl/α,β-unsaturated/α-hetero) is 1. The van der Waals surface area contributed by atoms with E-state index in [9.17, 15) is 9.18 Å². The molecule has 0 N–H and O–H groups in total. The first-order valence-corrected chi connectivity index (χ1v) is 10.2. The number of hydrogen-bond acceptors (Lipinski definition) is 6. The second-order valence-corrected chi connectivity index (χ2v) is 8.03. The zero-order chi connectivity index (χ0) is 20.8. The minimum atomic E-state index is -0.544. The molecule has 0 saturated heterocycles. The number of nitrogens with zero attached hydrogens (tertiary/aromatic N) is 3. The summed E-state index contributed by atoms with van der Waals surface area (Å²) in [5.41, 5.74) is 0.461. The summed E-state index contributed by atoms with van der Waals surface area (Å²) in [4.78, 5) is 23.4. The number of aromatic nitrogens is 3. The van der Waals surface area contributed by atoms with Crippen molar-refractivity contribution in [3.8, 4) is 17.3 Å². The largest absolute Gasteiger partial charge is 0.472 e. The monoisotopic (exact) mass is 421 g/mol. The third-order valence-electron chi connectivity index (χ3n) is 4.84. The van der Waals surface area contributed by atoms with E-state index in [-0.39, 0.29) is 29.8 Å². The lowest BCUT2D eigenvalue weighted by Crippen LogP contribution is -2.30. The van der Waals surface area contributed by atoms with Gasteiger partial charge in [-0.3, -0.25) is 0 Å². The van der Waals surface area contributed by atoms with E-state index in [1.165, 1.54) is 24.7 Å². The van der Waals surface area contributed by atoms with Crippen molar-refractivity contribution in [3.05, 3.63) is 35.5 Å². The zero-order valence-electron chi connectivity index (χ0n) is 16.6. The molecule has 0 radical (unpaired) electrons. The van der Waals surface area contributed by atoms with Crippen molar-refractivity contribution in [2.75, 3.05) is 6.61 Å². The van der Waals surface area contributed by atoms with Gasteiger partial charge in [-0.2, -0.15) is 0 Å². The lowest BCUT2D eigenvalue weighted by molar-refractivity contribution is -0.118. The highest BCUT2D eigenvalue weighted by Crippen LogP contribution is 2.28. The van der Waals surface area contributed by atoms with Gasteiger partial charge in [0.05, 0.1) is 11.1 Å². The first-order chi connectivity index (χ1) is 13.9. The smallest absolute Gasteiger partial charge is 0.250 e. The van der Waals surface area contributed by atoms with Crippen molar-refractivity contribution in [1.82, 2.24) is 15.0 Å². The van der Waals surface area contributed by atoms with Crippen LogP contribution in [-0.2, 0) is 9.53 Å². The molecule has 8 heteroatoms. The van der Waals surface area contributed by atoms with Crippen molar-refractivity contribution >= 4 is 17.4 Å². The maximum Gasteiger partial charge on any atom is 0.250 e. The number of hydrogen-bond donors (Lipinski definition) is 0. The van der Waals surface area contributed by atoms with Gasteiger partial charge in [0.15, 0.2) is 11.6 Å². The van der Waals surface area contributed by atoms with Crippen molar-refractivity contribution in [2.24, 2.45) is 5.92 Å². The summed E-state index contributed by atoms with van der Waals surface area (Å²) in [6.45, 7) is 4.20. The topological polar surface area (TPSA) is 74.2 Å². The van der Waals surface area contributed by atoms with E-state index in [0.29, 0.717) is 29.4 Å². The van der Waals surface area contributed by atoms with Gasteiger partial charge in [0, 0.05) is 37.2 Å². The normalized spacial score (nSPS) is 20.3. The van der Waals surface area contributed by atoms with Crippen LogP contribution in [0.15, 0.2) is 24.7 Å². The molecule has 2 aromatic heterocycles. The van der Waals surface area contributed by atoms with Gasteiger partial charge in [-0.05, 0) is 44.6 Å². The molecule has 2 heterocycles. The Morgan fingerprint density at radius 1 is 1.17 bits per heavy atom. The van der Waals surface area contributed by atoms with Crippen LogP contribution in [-0.4, -0.2) is 39.5 Å². The van der Waals surface area contributed by atoms with E-state index in [0.717, 1.165) is 25.7 Å². The second kappa shape index (κ2) is 10.1. The molecule has 0 aliphatic heterocycles. The van der Waals surface area contributed by atoms with Crippen molar-refractivity contribution in [2.45, 2.75) is 58.2 Å². The molecular weight excluding hydrogens is 397 g/mol. The van der Waals surface area contributed by atoms with E-state index < -0.39 is 5.82 Å². The van der Waals surface area contributed by atoms with E-state index >= 15 is 0 Å². The molecule has 2 aromatic rings. The van der Waals surface area contributed by atoms with Gasteiger partial charge in [-0.1, -0.05) is 18.5 Å². The fourth-order valence-corrected chi connectivity index (χ4v) is 3.52. The highest BCUT2D eigenvalue weighted by atomic mass is 35.5. The van der Waals surface area contributed by atoms with Gasteiger partial charge in [0.1, 0.15) is 11.9 Å². The summed E-state index contributed by atoms with van der Waals surface area (Å²) in [5.74, 6) is 0.202. The highest BCUT2D eigenvalue weighted by Gasteiger charge is 2.25. The number of ether oxygens (including phenoxy) is 2. The molecule has 1 aliphatic carbocycles. The standard InChI is InChI=1S/C21H25ClFN3O3/c1-13(7-14(2)27)12-28-17-3-5-18(6-4-17)29-21-19(23)8-15(9-26-21)20-24-10-16(22)11-25-20/h8-11,13,17-18H,3-7,12H2,1-2H3/t13-,17?,18?/m1/s1. The predicted molar refractivity (Wildman–Crippen MR) is 107 cm³/mol. The minimum absolute atomic E-state index is 0.0119. The van der Waals surface area contributed by atoms with Gasteiger partial charge in [-0.25, -0.2) is 19.3 Å². The second-order valence-electron chi connectivity index (χ2n) is 7.60. The Labute approximate surface area is 174 Å². The highest BCUT2D eigenvalue weighted by molar-refractivity contribution is 6.30. The van der Waals surface area contributed by atoms with Gasteiger partial charge in [-0.15, -0.1) is 0 Å². The predicted octanol–water partition coefficient (Wildman–Crippen LogP) is 4.65. The van der Waals surface area contributed by atoms with Crippen LogP contribution >= 0.6 is 11.6 Å². The molecule has 6 nitrogen and oxygen atoms in total. The molecular formula is C21H25ClFN3O3.